The first kappa shape index (κ1) is 15.3. The Bertz CT molecular complexity index is 315. The van der Waals surface area contributed by atoms with E-state index in [0.717, 1.165) is 0 Å². The summed E-state index contributed by atoms with van der Waals surface area (Å²) in [7, 11) is -3.55. The summed E-state index contributed by atoms with van der Waals surface area (Å²) in [4.78, 5) is 10.4. The first-order chi connectivity index (χ1) is 7.24. The predicted octanol–water partition coefficient (Wildman–Crippen LogP) is -1.13. The van der Waals surface area contributed by atoms with Gasteiger partial charge >= 0.3 is 5.97 Å². The molecule has 0 aliphatic rings. The lowest BCUT2D eigenvalue weighted by atomic mass is 10.2. The molecule has 7 nitrogen and oxygen atoms in total. The molecule has 0 aromatic heterocycles. The molecule has 0 aliphatic carbocycles. The van der Waals surface area contributed by atoms with Gasteiger partial charge in [0.25, 0.3) is 10.2 Å². The molecule has 96 valence electrons. The van der Waals surface area contributed by atoms with Crippen molar-refractivity contribution in [2.75, 3.05) is 13.1 Å². The summed E-state index contributed by atoms with van der Waals surface area (Å²) in [5, 5.41) is 8.47. The number of hydrogen-bond donors (Lipinski definition) is 4. The molecule has 0 aromatic carbocycles. The van der Waals surface area contributed by atoms with Crippen LogP contribution in [0, 0.1) is 5.92 Å². The molecule has 0 saturated carbocycles. The van der Waals surface area contributed by atoms with Crippen molar-refractivity contribution in [3.05, 3.63) is 0 Å². The van der Waals surface area contributed by atoms with Gasteiger partial charge in [0.15, 0.2) is 0 Å². The number of carboxylic acid groups (broad SMARTS) is 1. The van der Waals surface area contributed by atoms with Crippen molar-refractivity contribution in [1.82, 2.24) is 9.44 Å². The van der Waals surface area contributed by atoms with Gasteiger partial charge in [-0.1, -0.05) is 13.8 Å². The highest BCUT2D eigenvalue weighted by molar-refractivity contribution is 7.87. The Hall–Kier alpha value is -0.700. The van der Waals surface area contributed by atoms with E-state index >= 15 is 0 Å². The van der Waals surface area contributed by atoms with Gasteiger partial charge in [0.1, 0.15) is 6.04 Å². The standard InChI is InChI=1S/C8H19N3O4S/c1-6(2)5-11-16(14,15)10-4-3-7(9)8(12)13/h6-7,10-11H,3-5,9H2,1-2H3,(H,12,13). The number of hydrogen-bond acceptors (Lipinski definition) is 4. The highest BCUT2D eigenvalue weighted by Gasteiger charge is 2.13. The lowest BCUT2D eigenvalue weighted by Gasteiger charge is -2.11. The molecule has 0 amide bonds. The fourth-order valence-corrected chi connectivity index (χ4v) is 1.84. The molecule has 0 radical (unpaired) electrons. The Kier molecular flexibility index (Phi) is 6.49. The number of nitrogens with two attached hydrogens (primary N) is 1. The zero-order chi connectivity index (χ0) is 12.8. The summed E-state index contributed by atoms with van der Waals surface area (Å²) in [5.41, 5.74) is 5.21. The third kappa shape index (κ3) is 7.57. The number of rotatable bonds is 8. The number of carboxylic acids is 1. The minimum absolute atomic E-state index is 0.000888. The minimum Gasteiger partial charge on any atom is -0.480 e. The van der Waals surface area contributed by atoms with Gasteiger partial charge in [0.2, 0.25) is 0 Å². The van der Waals surface area contributed by atoms with Crippen LogP contribution < -0.4 is 15.2 Å². The Morgan fingerprint density at radius 3 is 2.38 bits per heavy atom. The van der Waals surface area contributed by atoms with Crippen LogP contribution in [0.4, 0.5) is 0 Å². The largest absolute Gasteiger partial charge is 0.480 e. The van der Waals surface area contributed by atoms with Crippen LogP contribution in [0.3, 0.4) is 0 Å². The van der Waals surface area contributed by atoms with Crippen LogP contribution in [-0.2, 0) is 15.0 Å². The summed E-state index contributed by atoms with van der Waals surface area (Å²) in [6.07, 6.45) is 0.0535. The van der Waals surface area contributed by atoms with E-state index in [4.69, 9.17) is 10.8 Å². The topological polar surface area (TPSA) is 122 Å². The molecule has 0 fully saturated rings. The average Bonchev–Trinajstić information content (AvgIpc) is 2.14. The van der Waals surface area contributed by atoms with E-state index in [-0.39, 0.29) is 18.9 Å². The average molecular weight is 253 g/mol. The van der Waals surface area contributed by atoms with Gasteiger partial charge in [0, 0.05) is 13.1 Å². The molecule has 16 heavy (non-hydrogen) atoms. The van der Waals surface area contributed by atoms with Crippen molar-refractivity contribution in [1.29, 1.82) is 0 Å². The molecule has 0 aromatic rings. The van der Waals surface area contributed by atoms with E-state index in [0.29, 0.717) is 6.54 Å². The van der Waals surface area contributed by atoms with Crippen LogP contribution >= 0.6 is 0 Å². The smallest absolute Gasteiger partial charge is 0.320 e. The van der Waals surface area contributed by atoms with Crippen LogP contribution in [0.25, 0.3) is 0 Å². The van der Waals surface area contributed by atoms with E-state index in [1.807, 2.05) is 13.8 Å². The van der Waals surface area contributed by atoms with E-state index in [2.05, 4.69) is 9.44 Å². The van der Waals surface area contributed by atoms with Crippen LogP contribution in [0.2, 0.25) is 0 Å². The maximum Gasteiger partial charge on any atom is 0.320 e. The second-order valence-electron chi connectivity index (χ2n) is 3.87. The summed E-state index contributed by atoms with van der Waals surface area (Å²) >= 11 is 0. The Morgan fingerprint density at radius 1 is 1.38 bits per heavy atom. The number of carbonyl (C=O) groups is 1. The van der Waals surface area contributed by atoms with Gasteiger partial charge in [-0.2, -0.15) is 8.42 Å². The molecule has 1 unspecified atom stereocenters. The van der Waals surface area contributed by atoms with Crippen molar-refractivity contribution in [2.24, 2.45) is 11.7 Å². The molecule has 0 spiro atoms. The van der Waals surface area contributed by atoms with Crippen LogP contribution in [0.1, 0.15) is 20.3 Å². The quantitative estimate of drug-likeness (QED) is 0.436. The molecule has 5 N–H and O–H groups in total. The maximum absolute atomic E-state index is 11.3. The summed E-state index contributed by atoms with van der Waals surface area (Å²) in [5.74, 6) is -0.938. The van der Waals surface area contributed by atoms with Crippen molar-refractivity contribution in [3.63, 3.8) is 0 Å². The molecular weight excluding hydrogens is 234 g/mol. The lowest BCUT2D eigenvalue weighted by Crippen LogP contribution is -2.41. The molecule has 0 aliphatic heterocycles. The molecule has 0 heterocycles. The highest BCUT2D eigenvalue weighted by Crippen LogP contribution is 1.90. The predicted molar refractivity (Wildman–Crippen MR) is 60.0 cm³/mol. The third-order valence-electron chi connectivity index (χ3n) is 1.75. The highest BCUT2D eigenvalue weighted by atomic mass is 32.2. The summed E-state index contributed by atoms with van der Waals surface area (Å²) < 4.78 is 27.1. The monoisotopic (exact) mass is 253 g/mol. The summed E-state index contributed by atoms with van der Waals surface area (Å²) in [6.45, 7) is 4.09. The molecule has 8 heteroatoms. The maximum atomic E-state index is 11.3. The summed E-state index contributed by atoms with van der Waals surface area (Å²) in [6, 6.07) is -1.05. The molecule has 1 atom stereocenters. The SMILES string of the molecule is CC(C)CNS(=O)(=O)NCCC(N)C(=O)O. The van der Waals surface area contributed by atoms with Gasteiger partial charge in [0.05, 0.1) is 0 Å². The lowest BCUT2D eigenvalue weighted by molar-refractivity contribution is -0.138. The fourth-order valence-electron chi connectivity index (χ4n) is 0.800. The van der Waals surface area contributed by atoms with Crippen molar-refractivity contribution in [3.8, 4) is 0 Å². The second-order valence-corrected chi connectivity index (χ2v) is 5.46. The Labute approximate surface area is 95.6 Å². The van der Waals surface area contributed by atoms with Crippen molar-refractivity contribution in [2.45, 2.75) is 26.3 Å². The van der Waals surface area contributed by atoms with Gasteiger partial charge in [-0.25, -0.2) is 9.44 Å². The molecule has 0 bridgehead atoms. The Morgan fingerprint density at radius 2 is 1.94 bits per heavy atom. The Balaban J connectivity index is 3.87. The van der Waals surface area contributed by atoms with Gasteiger partial charge in [-0.3, -0.25) is 4.79 Å². The van der Waals surface area contributed by atoms with Gasteiger partial charge in [-0.05, 0) is 12.3 Å². The molecule has 0 rings (SSSR count). The molecular formula is C8H19N3O4S. The fraction of sp³-hybridized carbons (Fsp3) is 0.875. The zero-order valence-corrected chi connectivity index (χ0v) is 10.3. The number of aliphatic carboxylic acids is 1. The van der Waals surface area contributed by atoms with E-state index in [1.54, 1.807) is 0 Å². The first-order valence-corrected chi connectivity index (χ1v) is 6.45. The second kappa shape index (κ2) is 6.79. The van der Waals surface area contributed by atoms with E-state index in [1.165, 1.54) is 0 Å². The third-order valence-corrected chi connectivity index (χ3v) is 2.88. The van der Waals surface area contributed by atoms with Crippen molar-refractivity contribution < 1.29 is 18.3 Å². The van der Waals surface area contributed by atoms with Gasteiger partial charge < -0.3 is 10.8 Å². The normalized spacial score (nSPS) is 14.0. The first-order valence-electron chi connectivity index (χ1n) is 4.97. The van der Waals surface area contributed by atoms with E-state index < -0.39 is 22.2 Å². The molecule has 0 saturated heterocycles. The van der Waals surface area contributed by atoms with Crippen LogP contribution in [0.15, 0.2) is 0 Å². The van der Waals surface area contributed by atoms with Gasteiger partial charge in [-0.15, -0.1) is 0 Å². The minimum atomic E-state index is -3.55. The number of nitrogens with one attached hydrogen (secondary N) is 2. The van der Waals surface area contributed by atoms with Crippen LogP contribution in [0.5, 0.6) is 0 Å². The van der Waals surface area contributed by atoms with Crippen LogP contribution in [-0.4, -0.2) is 38.6 Å². The van der Waals surface area contributed by atoms with E-state index in [9.17, 15) is 13.2 Å². The van der Waals surface area contributed by atoms with Crippen molar-refractivity contribution >= 4 is 16.2 Å². The zero-order valence-electron chi connectivity index (χ0n) is 9.43.